The summed E-state index contributed by atoms with van der Waals surface area (Å²) in [6.07, 6.45) is 2.43. The molecule has 1 N–H and O–H groups in total. The fraction of sp³-hybridized carbons (Fsp3) is 0.708. The van der Waals surface area contributed by atoms with E-state index < -0.39 is 67.5 Å². The van der Waals surface area contributed by atoms with Gasteiger partial charge in [-0.3, -0.25) is 14.4 Å². The number of amides is 2. The zero-order chi connectivity index (χ0) is 28.4. The van der Waals surface area contributed by atoms with Crippen molar-refractivity contribution in [3.8, 4) is 0 Å². The molecular weight excluding hydrogens is 538 g/mol. The van der Waals surface area contributed by atoms with Crippen molar-refractivity contribution in [1.29, 1.82) is 0 Å². The second kappa shape index (κ2) is 9.54. The van der Waals surface area contributed by atoms with Gasteiger partial charge in [0.2, 0.25) is 18.6 Å². The topological polar surface area (TPSA) is 156 Å². The first-order valence-electron chi connectivity index (χ1n) is 12.4. The van der Waals surface area contributed by atoms with Crippen LogP contribution in [-0.2, 0) is 43.3 Å². The third-order valence-corrected chi connectivity index (χ3v) is 11.9. The molecule has 210 valence electrons. The van der Waals surface area contributed by atoms with Crippen molar-refractivity contribution in [2.75, 3.05) is 6.79 Å². The normalized spacial score (nSPS) is 32.1. The third-order valence-electron chi connectivity index (χ3n) is 7.52. The summed E-state index contributed by atoms with van der Waals surface area (Å²) in [6.45, 7) is 9.15. The average molecular weight is 572 g/mol. The number of esters is 2. The standard InChI is InChI=1S/C24H33N3O9S2/c1-7-8-13(28)9-12(2)25-16-19(30)27-17(23(3,4)37-20(16)27)21(31)35-11-36-22(32)18-24(5,6)38(33,34)15-10-14(29)26(15)18/h9,15-18,20,25H,7-8,10-11H2,1-6H3/t15-,16-,17+,18+,20-/m1/s1. The number of sulfone groups is 1. The summed E-state index contributed by atoms with van der Waals surface area (Å²) in [5.74, 6) is -2.57. The Morgan fingerprint density at radius 2 is 1.68 bits per heavy atom. The molecule has 0 aliphatic carbocycles. The number of ether oxygens (including phenoxy) is 2. The van der Waals surface area contributed by atoms with Crippen LogP contribution in [0.2, 0.25) is 0 Å². The number of thioether (sulfide) groups is 1. The van der Waals surface area contributed by atoms with Gasteiger partial charge in [0.05, 0.1) is 11.2 Å². The van der Waals surface area contributed by atoms with E-state index in [0.717, 1.165) is 11.3 Å². The van der Waals surface area contributed by atoms with Crippen molar-refractivity contribution in [3.05, 3.63) is 11.8 Å². The average Bonchev–Trinajstić information content (AvgIpc) is 3.12. The number of nitrogens with one attached hydrogen (secondary N) is 1. The first kappa shape index (κ1) is 28.4. The van der Waals surface area contributed by atoms with Crippen LogP contribution in [0.15, 0.2) is 11.8 Å². The molecule has 14 heteroatoms. The highest BCUT2D eigenvalue weighted by atomic mass is 32.2. The van der Waals surface area contributed by atoms with Gasteiger partial charge in [0.15, 0.2) is 15.6 Å². The minimum absolute atomic E-state index is 0.0379. The summed E-state index contributed by atoms with van der Waals surface area (Å²) >= 11 is 1.42. The zero-order valence-electron chi connectivity index (χ0n) is 22.2. The Bertz CT molecular complexity index is 1230. The smallest absolute Gasteiger partial charge is 0.333 e. The second-order valence-corrected chi connectivity index (χ2v) is 15.4. The first-order valence-corrected chi connectivity index (χ1v) is 14.8. The molecule has 4 heterocycles. The Balaban J connectivity index is 1.36. The lowest BCUT2D eigenvalue weighted by Gasteiger charge is -2.44. The number of hydrogen-bond acceptors (Lipinski definition) is 11. The van der Waals surface area contributed by atoms with Crippen molar-refractivity contribution >= 4 is 51.1 Å². The van der Waals surface area contributed by atoms with Gasteiger partial charge in [-0.25, -0.2) is 18.0 Å². The molecule has 0 aromatic carbocycles. The number of carbonyl (C=O) groups excluding carboxylic acids is 5. The maximum absolute atomic E-state index is 13.0. The lowest BCUT2D eigenvalue weighted by Crippen LogP contribution is -2.69. The van der Waals surface area contributed by atoms with E-state index in [1.807, 2.05) is 6.92 Å². The van der Waals surface area contributed by atoms with E-state index in [4.69, 9.17) is 9.47 Å². The second-order valence-electron chi connectivity index (χ2n) is 11.0. The largest absolute Gasteiger partial charge is 0.426 e. The molecule has 4 fully saturated rings. The maximum atomic E-state index is 13.0. The summed E-state index contributed by atoms with van der Waals surface area (Å²) in [5, 5.41) is 1.65. The van der Waals surface area contributed by atoms with Gasteiger partial charge in [-0.05, 0) is 47.1 Å². The van der Waals surface area contributed by atoms with E-state index in [0.29, 0.717) is 12.1 Å². The van der Waals surface area contributed by atoms with E-state index in [1.165, 1.54) is 36.6 Å². The van der Waals surface area contributed by atoms with Gasteiger partial charge in [-0.1, -0.05) is 6.92 Å². The molecule has 0 saturated carbocycles. The van der Waals surface area contributed by atoms with Gasteiger partial charge in [0.1, 0.15) is 28.9 Å². The summed E-state index contributed by atoms with van der Waals surface area (Å²) in [6, 6.07) is -2.89. The van der Waals surface area contributed by atoms with Crippen LogP contribution in [0.3, 0.4) is 0 Å². The maximum Gasteiger partial charge on any atom is 0.333 e. The van der Waals surface area contributed by atoms with E-state index in [1.54, 1.807) is 20.8 Å². The number of ketones is 1. The van der Waals surface area contributed by atoms with Gasteiger partial charge in [-0.15, -0.1) is 11.8 Å². The number of nitrogens with zero attached hydrogens (tertiary/aromatic N) is 2. The van der Waals surface area contributed by atoms with E-state index >= 15 is 0 Å². The molecule has 2 amide bonds. The van der Waals surface area contributed by atoms with Gasteiger partial charge in [0, 0.05) is 16.9 Å². The molecule has 4 aliphatic rings. The Labute approximate surface area is 225 Å². The predicted octanol–water partition coefficient (Wildman–Crippen LogP) is 0.458. The van der Waals surface area contributed by atoms with Gasteiger partial charge in [0.25, 0.3) is 0 Å². The molecule has 12 nitrogen and oxygen atoms in total. The molecule has 4 rings (SSSR count). The van der Waals surface area contributed by atoms with Gasteiger partial charge in [-0.2, -0.15) is 0 Å². The van der Waals surface area contributed by atoms with E-state index in [-0.39, 0.29) is 23.5 Å². The van der Waals surface area contributed by atoms with Crippen LogP contribution >= 0.6 is 11.8 Å². The van der Waals surface area contributed by atoms with Crippen LogP contribution in [-0.4, -0.2) is 92.9 Å². The Morgan fingerprint density at radius 3 is 2.26 bits per heavy atom. The number of carbonyl (C=O) groups is 5. The van der Waals surface area contributed by atoms with Crippen molar-refractivity contribution in [2.45, 2.75) is 99.2 Å². The monoisotopic (exact) mass is 571 g/mol. The fourth-order valence-corrected chi connectivity index (χ4v) is 9.23. The molecule has 38 heavy (non-hydrogen) atoms. The number of rotatable bonds is 9. The summed E-state index contributed by atoms with van der Waals surface area (Å²) in [7, 11) is -3.78. The van der Waals surface area contributed by atoms with Gasteiger partial charge < -0.3 is 24.6 Å². The van der Waals surface area contributed by atoms with Crippen molar-refractivity contribution < 1.29 is 41.9 Å². The summed E-state index contributed by atoms with van der Waals surface area (Å²) < 4.78 is 33.4. The summed E-state index contributed by atoms with van der Waals surface area (Å²) in [4.78, 5) is 65.0. The van der Waals surface area contributed by atoms with Crippen LogP contribution in [0.1, 0.15) is 60.8 Å². The molecule has 4 saturated heterocycles. The SMILES string of the molecule is CCCC(=O)C=C(C)N[C@@H]1C(=O)N2[C@@H]1SC(C)(C)[C@@H]2C(=O)OCOC(=O)[C@@H]1N2C(=O)C[C@H]2S(=O)(=O)C1(C)C. The summed E-state index contributed by atoms with van der Waals surface area (Å²) in [5.41, 5.74) is 0.567. The Hall–Kier alpha value is -2.61. The van der Waals surface area contributed by atoms with Crippen LogP contribution in [0.25, 0.3) is 0 Å². The molecule has 4 aliphatic heterocycles. The lowest BCUT2D eigenvalue weighted by molar-refractivity contribution is -0.181. The molecule has 0 aromatic rings. The molecule has 0 bridgehead atoms. The highest BCUT2D eigenvalue weighted by molar-refractivity contribution is 8.01. The van der Waals surface area contributed by atoms with Crippen LogP contribution in [0, 0.1) is 0 Å². The van der Waals surface area contributed by atoms with Crippen LogP contribution < -0.4 is 5.32 Å². The molecule has 0 unspecified atom stereocenters. The van der Waals surface area contributed by atoms with Crippen LogP contribution in [0.5, 0.6) is 0 Å². The minimum Gasteiger partial charge on any atom is -0.426 e. The number of allylic oxidation sites excluding steroid dienone is 2. The highest BCUT2D eigenvalue weighted by Gasteiger charge is 2.68. The van der Waals surface area contributed by atoms with Gasteiger partial charge >= 0.3 is 11.9 Å². The van der Waals surface area contributed by atoms with Crippen molar-refractivity contribution in [2.24, 2.45) is 0 Å². The number of β-lactam (4-membered cyclic amide) rings is 2. The quantitative estimate of drug-likeness (QED) is 0.177. The predicted molar refractivity (Wildman–Crippen MR) is 136 cm³/mol. The molecule has 0 spiro atoms. The fourth-order valence-electron chi connectivity index (χ4n) is 5.49. The van der Waals surface area contributed by atoms with Crippen LogP contribution in [0.4, 0.5) is 0 Å². The zero-order valence-corrected chi connectivity index (χ0v) is 23.8. The van der Waals surface area contributed by atoms with Crippen molar-refractivity contribution in [1.82, 2.24) is 15.1 Å². The first-order chi connectivity index (χ1) is 17.6. The third kappa shape index (κ3) is 4.29. The Morgan fingerprint density at radius 1 is 1.08 bits per heavy atom. The van der Waals surface area contributed by atoms with E-state index in [2.05, 4.69) is 5.32 Å². The lowest BCUT2D eigenvalue weighted by atomic mass is 9.96. The number of hydrogen-bond donors (Lipinski definition) is 1. The molecule has 5 atom stereocenters. The minimum atomic E-state index is -3.78. The van der Waals surface area contributed by atoms with Crippen molar-refractivity contribution in [3.63, 3.8) is 0 Å². The molecule has 0 radical (unpaired) electrons. The molecular formula is C24H33N3O9S2. The Kier molecular flexibility index (Phi) is 7.13. The van der Waals surface area contributed by atoms with E-state index in [9.17, 15) is 32.4 Å². The molecule has 0 aromatic heterocycles. The number of fused-ring (bicyclic) bond motifs is 2. The highest BCUT2D eigenvalue weighted by Crippen LogP contribution is 2.51.